The van der Waals surface area contributed by atoms with Crippen LogP contribution in [0, 0.1) is 0 Å². The summed E-state index contributed by atoms with van der Waals surface area (Å²) < 4.78 is 5.35. The molecular weight excluding hydrogens is 264 g/mol. The number of halogens is 1. The lowest BCUT2D eigenvalue weighted by Gasteiger charge is -2.30. The van der Waals surface area contributed by atoms with Gasteiger partial charge in [0.2, 0.25) is 5.91 Å². The molecule has 0 saturated carbocycles. The summed E-state index contributed by atoms with van der Waals surface area (Å²) in [7, 11) is 0. The Kier molecular flexibility index (Phi) is 5.05. The van der Waals surface area contributed by atoms with Crippen LogP contribution >= 0.6 is 11.6 Å². The summed E-state index contributed by atoms with van der Waals surface area (Å²) in [5.41, 5.74) is 1.80. The molecule has 1 N–H and O–H groups in total. The van der Waals surface area contributed by atoms with Crippen LogP contribution in [0.15, 0.2) is 18.2 Å². The number of nitrogens with zero attached hydrogens (tertiary/aromatic N) is 1. The predicted octanol–water partition coefficient (Wildman–Crippen LogP) is 2.92. The molecule has 1 saturated heterocycles. The summed E-state index contributed by atoms with van der Waals surface area (Å²) in [5.74, 6) is 0.0271. The van der Waals surface area contributed by atoms with Gasteiger partial charge in [-0.25, -0.2) is 0 Å². The zero-order chi connectivity index (χ0) is 13.7. The van der Waals surface area contributed by atoms with Crippen molar-refractivity contribution in [1.82, 2.24) is 0 Å². The van der Waals surface area contributed by atoms with E-state index >= 15 is 0 Å². The van der Waals surface area contributed by atoms with E-state index < -0.39 is 0 Å². The molecule has 5 heteroatoms. The van der Waals surface area contributed by atoms with E-state index in [9.17, 15) is 4.79 Å². The Hall–Kier alpha value is -1.26. The monoisotopic (exact) mass is 282 g/mol. The third-order valence-corrected chi connectivity index (χ3v) is 3.30. The molecule has 0 aromatic heterocycles. The number of carbonyl (C=O) groups excluding carboxylic acids is 1. The average Bonchev–Trinajstić information content (AvgIpc) is 2.40. The summed E-state index contributed by atoms with van der Waals surface area (Å²) >= 11 is 6.02. The molecule has 1 amide bonds. The Labute approximate surface area is 118 Å². The summed E-state index contributed by atoms with van der Waals surface area (Å²) in [6, 6.07) is 5.61. The minimum atomic E-state index is 0.0271. The van der Waals surface area contributed by atoms with Gasteiger partial charge in [0, 0.05) is 24.5 Å². The van der Waals surface area contributed by atoms with Gasteiger partial charge in [-0.2, -0.15) is 0 Å². The molecule has 1 heterocycles. The van der Waals surface area contributed by atoms with Gasteiger partial charge in [0.1, 0.15) is 0 Å². The van der Waals surface area contributed by atoms with Crippen molar-refractivity contribution < 1.29 is 9.53 Å². The van der Waals surface area contributed by atoms with Crippen molar-refractivity contribution in [3.63, 3.8) is 0 Å². The lowest BCUT2D eigenvalue weighted by atomic mass is 10.2. The SMILES string of the molecule is CCCC(=O)Nc1cc(Cl)ccc1N1CCOCC1. The van der Waals surface area contributed by atoms with Crippen LogP contribution in [0.3, 0.4) is 0 Å². The van der Waals surface area contributed by atoms with Gasteiger partial charge >= 0.3 is 0 Å². The molecule has 0 spiro atoms. The maximum atomic E-state index is 11.8. The number of carbonyl (C=O) groups is 1. The van der Waals surface area contributed by atoms with Crippen LogP contribution in [0.4, 0.5) is 11.4 Å². The molecule has 1 aromatic rings. The van der Waals surface area contributed by atoms with Crippen molar-refractivity contribution in [2.75, 3.05) is 36.5 Å². The van der Waals surface area contributed by atoms with Crippen LogP contribution in [-0.4, -0.2) is 32.2 Å². The summed E-state index contributed by atoms with van der Waals surface area (Å²) in [6.07, 6.45) is 1.36. The number of hydrogen-bond donors (Lipinski definition) is 1. The molecular formula is C14H19ClN2O2. The number of morpholine rings is 1. The minimum absolute atomic E-state index is 0.0271. The predicted molar refractivity (Wildman–Crippen MR) is 78.0 cm³/mol. The molecule has 0 unspecified atom stereocenters. The van der Waals surface area contributed by atoms with Crippen LogP contribution < -0.4 is 10.2 Å². The van der Waals surface area contributed by atoms with Gasteiger partial charge in [-0.1, -0.05) is 18.5 Å². The molecule has 0 bridgehead atoms. The summed E-state index contributed by atoms with van der Waals surface area (Å²) in [4.78, 5) is 14.0. The Bertz CT molecular complexity index is 445. The zero-order valence-corrected chi connectivity index (χ0v) is 11.9. The summed E-state index contributed by atoms with van der Waals surface area (Å²) in [5, 5.41) is 3.57. The summed E-state index contributed by atoms with van der Waals surface area (Å²) in [6.45, 7) is 5.08. The maximum Gasteiger partial charge on any atom is 0.224 e. The van der Waals surface area contributed by atoms with E-state index in [0.29, 0.717) is 24.7 Å². The highest BCUT2D eigenvalue weighted by Gasteiger charge is 2.16. The van der Waals surface area contributed by atoms with Gasteiger partial charge in [0.25, 0.3) is 0 Å². The highest BCUT2D eigenvalue weighted by Crippen LogP contribution is 2.30. The van der Waals surface area contributed by atoms with Crippen LogP contribution in [0.5, 0.6) is 0 Å². The van der Waals surface area contributed by atoms with E-state index in [0.717, 1.165) is 30.9 Å². The Balaban J connectivity index is 2.19. The van der Waals surface area contributed by atoms with E-state index in [1.165, 1.54) is 0 Å². The fourth-order valence-corrected chi connectivity index (χ4v) is 2.30. The minimum Gasteiger partial charge on any atom is -0.378 e. The number of rotatable bonds is 4. The van der Waals surface area contributed by atoms with Gasteiger partial charge in [-0.15, -0.1) is 0 Å². The fraction of sp³-hybridized carbons (Fsp3) is 0.500. The number of ether oxygens (including phenoxy) is 1. The van der Waals surface area contributed by atoms with Gasteiger partial charge in [-0.3, -0.25) is 4.79 Å². The smallest absolute Gasteiger partial charge is 0.224 e. The average molecular weight is 283 g/mol. The third kappa shape index (κ3) is 3.85. The number of anilines is 2. The van der Waals surface area contributed by atoms with Crippen molar-refractivity contribution in [1.29, 1.82) is 0 Å². The highest BCUT2D eigenvalue weighted by atomic mass is 35.5. The quantitative estimate of drug-likeness (QED) is 0.923. The van der Waals surface area contributed by atoms with Crippen molar-refractivity contribution >= 4 is 28.9 Å². The number of benzene rings is 1. The lowest BCUT2D eigenvalue weighted by molar-refractivity contribution is -0.116. The third-order valence-electron chi connectivity index (χ3n) is 3.06. The van der Waals surface area contributed by atoms with E-state index in [4.69, 9.17) is 16.3 Å². The van der Waals surface area contributed by atoms with Gasteiger partial charge in [-0.05, 0) is 24.6 Å². The zero-order valence-electron chi connectivity index (χ0n) is 11.1. The standard InChI is InChI=1S/C14H19ClN2O2/c1-2-3-14(18)16-12-10-11(15)4-5-13(12)17-6-8-19-9-7-17/h4-5,10H,2-3,6-9H2,1H3,(H,16,18). The van der Waals surface area contributed by atoms with E-state index in [2.05, 4.69) is 10.2 Å². The first-order valence-electron chi connectivity index (χ1n) is 6.63. The van der Waals surface area contributed by atoms with Gasteiger partial charge in [0.15, 0.2) is 0 Å². The molecule has 2 rings (SSSR count). The van der Waals surface area contributed by atoms with E-state index in [-0.39, 0.29) is 5.91 Å². The van der Waals surface area contributed by atoms with Crippen molar-refractivity contribution in [3.05, 3.63) is 23.2 Å². The molecule has 1 aliphatic heterocycles. The van der Waals surface area contributed by atoms with Crippen molar-refractivity contribution in [3.8, 4) is 0 Å². The number of nitrogens with one attached hydrogen (secondary N) is 1. The molecule has 0 radical (unpaired) electrons. The molecule has 4 nitrogen and oxygen atoms in total. The fourth-order valence-electron chi connectivity index (χ4n) is 2.13. The van der Waals surface area contributed by atoms with Crippen LogP contribution in [0.25, 0.3) is 0 Å². The first kappa shape index (κ1) is 14.2. The van der Waals surface area contributed by atoms with Gasteiger partial charge in [0.05, 0.1) is 24.6 Å². The highest BCUT2D eigenvalue weighted by molar-refractivity contribution is 6.31. The normalized spacial score (nSPS) is 15.4. The molecule has 19 heavy (non-hydrogen) atoms. The molecule has 0 atom stereocenters. The first-order valence-corrected chi connectivity index (χ1v) is 7.00. The van der Waals surface area contributed by atoms with Gasteiger partial charge < -0.3 is 15.0 Å². The molecule has 0 aliphatic carbocycles. The molecule has 104 valence electrons. The van der Waals surface area contributed by atoms with Crippen molar-refractivity contribution in [2.45, 2.75) is 19.8 Å². The Morgan fingerprint density at radius 2 is 2.16 bits per heavy atom. The number of amides is 1. The van der Waals surface area contributed by atoms with E-state index in [1.54, 1.807) is 6.07 Å². The second-order valence-electron chi connectivity index (χ2n) is 4.56. The topological polar surface area (TPSA) is 41.6 Å². The second-order valence-corrected chi connectivity index (χ2v) is 5.00. The maximum absolute atomic E-state index is 11.8. The van der Waals surface area contributed by atoms with E-state index in [1.807, 2.05) is 19.1 Å². The first-order chi connectivity index (χ1) is 9.20. The molecule has 1 aliphatic rings. The van der Waals surface area contributed by atoms with Crippen LogP contribution in [0.1, 0.15) is 19.8 Å². The second kappa shape index (κ2) is 6.78. The van der Waals surface area contributed by atoms with Crippen molar-refractivity contribution in [2.24, 2.45) is 0 Å². The molecule has 1 aromatic carbocycles. The largest absolute Gasteiger partial charge is 0.378 e. The van der Waals surface area contributed by atoms with Crippen LogP contribution in [0.2, 0.25) is 5.02 Å². The Morgan fingerprint density at radius 1 is 1.42 bits per heavy atom. The lowest BCUT2D eigenvalue weighted by Crippen LogP contribution is -2.36. The number of hydrogen-bond acceptors (Lipinski definition) is 3. The molecule has 1 fully saturated rings. The Morgan fingerprint density at radius 3 is 2.84 bits per heavy atom. The van der Waals surface area contributed by atoms with Crippen LogP contribution in [-0.2, 0) is 9.53 Å².